The number of thiophene rings is 1. The van der Waals surface area contributed by atoms with Gasteiger partial charge in [0.2, 0.25) is 10.0 Å². The maximum absolute atomic E-state index is 11.9. The summed E-state index contributed by atoms with van der Waals surface area (Å²) in [4.78, 5) is 11.1. The first-order valence-electron chi connectivity index (χ1n) is 6.19. The molecule has 0 saturated heterocycles. The van der Waals surface area contributed by atoms with Gasteiger partial charge < -0.3 is 9.84 Å². The predicted octanol–water partition coefficient (Wildman–Crippen LogP) is 1.33. The second-order valence-corrected chi connectivity index (χ2v) is 7.82. The molecular weight excluding hydrogens is 302 g/mol. The van der Waals surface area contributed by atoms with Crippen LogP contribution in [0.25, 0.3) is 0 Å². The normalized spacial score (nSPS) is 11.9. The van der Waals surface area contributed by atoms with Gasteiger partial charge in [-0.2, -0.15) is 0 Å². The number of carboxylic acid groups (broad SMARTS) is 1. The van der Waals surface area contributed by atoms with Crippen LogP contribution in [0.2, 0.25) is 0 Å². The largest absolute Gasteiger partial charge is 0.481 e. The number of carboxylic acids is 1. The number of nitrogens with one attached hydrogen (secondary N) is 1. The minimum Gasteiger partial charge on any atom is -0.481 e. The molecule has 20 heavy (non-hydrogen) atoms. The Hall–Kier alpha value is -0.960. The van der Waals surface area contributed by atoms with Gasteiger partial charge >= 0.3 is 5.97 Å². The summed E-state index contributed by atoms with van der Waals surface area (Å²) in [7, 11) is -3.58. The zero-order valence-corrected chi connectivity index (χ0v) is 13.1. The highest BCUT2D eigenvalue weighted by molar-refractivity contribution is 7.91. The Balaban J connectivity index is 2.47. The fraction of sp³-hybridized carbons (Fsp3) is 0.583. The molecule has 0 amide bonds. The van der Waals surface area contributed by atoms with Crippen LogP contribution in [0.4, 0.5) is 0 Å². The third kappa shape index (κ3) is 6.00. The standard InChI is InChI=1S/C12H19NO5S2/c1-9(2)8-18-6-5-13-20(16,17)12-4-3-10(19-12)7-11(14)15/h3-4,9,13H,5-8H2,1-2H3,(H,14,15). The summed E-state index contributed by atoms with van der Waals surface area (Å²) in [5.41, 5.74) is 0. The molecule has 0 aromatic carbocycles. The lowest BCUT2D eigenvalue weighted by Gasteiger charge is -2.07. The fourth-order valence-corrected chi connectivity index (χ4v) is 3.79. The Morgan fingerprint density at radius 3 is 2.75 bits per heavy atom. The summed E-state index contributed by atoms with van der Waals surface area (Å²) in [6.45, 7) is 5.12. The number of hydrogen-bond donors (Lipinski definition) is 2. The third-order valence-corrected chi connectivity index (χ3v) is 5.26. The summed E-state index contributed by atoms with van der Waals surface area (Å²) in [6.07, 6.45) is -0.169. The average Bonchev–Trinajstić information content (AvgIpc) is 2.76. The highest BCUT2D eigenvalue weighted by Crippen LogP contribution is 2.21. The van der Waals surface area contributed by atoms with Crippen LogP contribution in [0.1, 0.15) is 18.7 Å². The van der Waals surface area contributed by atoms with Crippen LogP contribution in [0.5, 0.6) is 0 Å². The zero-order chi connectivity index (χ0) is 15.2. The smallest absolute Gasteiger partial charge is 0.308 e. The molecule has 0 radical (unpaired) electrons. The number of hydrogen-bond acceptors (Lipinski definition) is 5. The maximum atomic E-state index is 11.9. The van der Waals surface area contributed by atoms with E-state index in [1.165, 1.54) is 12.1 Å². The minimum absolute atomic E-state index is 0.123. The summed E-state index contributed by atoms with van der Waals surface area (Å²) in [5, 5.41) is 8.65. The first-order chi connectivity index (χ1) is 9.31. The molecule has 1 heterocycles. The van der Waals surface area contributed by atoms with Crippen LogP contribution in [0.3, 0.4) is 0 Å². The Labute approximate surface area is 122 Å². The van der Waals surface area contributed by atoms with Gasteiger partial charge in [-0.1, -0.05) is 13.8 Å². The van der Waals surface area contributed by atoms with E-state index >= 15 is 0 Å². The molecule has 0 fully saturated rings. The lowest BCUT2D eigenvalue weighted by atomic mass is 10.2. The van der Waals surface area contributed by atoms with Crippen molar-refractivity contribution in [2.24, 2.45) is 5.92 Å². The van der Waals surface area contributed by atoms with Gasteiger partial charge in [-0.25, -0.2) is 13.1 Å². The van der Waals surface area contributed by atoms with Crippen molar-refractivity contribution < 1.29 is 23.1 Å². The Kier molecular flexibility index (Phi) is 6.60. The molecule has 1 aromatic heterocycles. The lowest BCUT2D eigenvalue weighted by molar-refractivity contribution is -0.136. The Morgan fingerprint density at radius 1 is 1.45 bits per heavy atom. The summed E-state index contributed by atoms with van der Waals surface area (Å²) < 4.78 is 31.7. The molecule has 1 rings (SSSR count). The zero-order valence-electron chi connectivity index (χ0n) is 11.5. The molecule has 0 aliphatic heterocycles. The second-order valence-electron chi connectivity index (χ2n) is 4.66. The first-order valence-corrected chi connectivity index (χ1v) is 8.49. The monoisotopic (exact) mass is 321 g/mol. The van der Waals surface area contributed by atoms with Crippen LogP contribution in [-0.4, -0.2) is 39.3 Å². The maximum Gasteiger partial charge on any atom is 0.308 e. The number of ether oxygens (including phenoxy) is 1. The number of aliphatic carboxylic acids is 1. The summed E-state index contributed by atoms with van der Waals surface area (Å²) in [5.74, 6) is -0.576. The third-order valence-electron chi connectivity index (χ3n) is 2.22. The van der Waals surface area contributed by atoms with Crippen molar-refractivity contribution in [1.82, 2.24) is 4.72 Å². The molecule has 8 heteroatoms. The van der Waals surface area contributed by atoms with E-state index in [0.29, 0.717) is 24.0 Å². The molecule has 0 aliphatic rings. The summed E-state index contributed by atoms with van der Waals surface area (Å²) in [6, 6.07) is 2.93. The van der Waals surface area contributed by atoms with Gasteiger partial charge in [0.25, 0.3) is 0 Å². The van der Waals surface area contributed by atoms with Crippen LogP contribution in [0.15, 0.2) is 16.3 Å². The lowest BCUT2D eigenvalue weighted by Crippen LogP contribution is -2.27. The molecule has 6 nitrogen and oxygen atoms in total. The van der Waals surface area contributed by atoms with E-state index in [1.54, 1.807) is 0 Å². The van der Waals surface area contributed by atoms with E-state index in [2.05, 4.69) is 4.72 Å². The number of carbonyl (C=O) groups is 1. The van der Waals surface area contributed by atoms with Crippen molar-refractivity contribution in [3.05, 3.63) is 17.0 Å². The van der Waals surface area contributed by atoms with Crippen molar-refractivity contribution in [3.8, 4) is 0 Å². The van der Waals surface area contributed by atoms with Crippen molar-refractivity contribution in [3.63, 3.8) is 0 Å². The van der Waals surface area contributed by atoms with E-state index in [4.69, 9.17) is 9.84 Å². The fourth-order valence-electron chi connectivity index (χ4n) is 1.39. The van der Waals surface area contributed by atoms with Gasteiger partial charge in [0.1, 0.15) is 4.21 Å². The first kappa shape index (κ1) is 17.1. The topological polar surface area (TPSA) is 92.7 Å². The summed E-state index contributed by atoms with van der Waals surface area (Å²) >= 11 is 0.965. The molecule has 1 aromatic rings. The van der Waals surface area contributed by atoms with Gasteiger partial charge in [-0.3, -0.25) is 4.79 Å². The van der Waals surface area contributed by atoms with Crippen LogP contribution < -0.4 is 4.72 Å². The molecule has 2 N–H and O–H groups in total. The van der Waals surface area contributed by atoms with Crippen LogP contribution in [0, 0.1) is 5.92 Å². The minimum atomic E-state index is -3.58. The van der Waals surface area contributed by atoms with Gasteiger partial charge in [-0.05, 0) is 18.1 Å². The average molecular weight is 321 g/mol. The van der Waals surface area contributed by atoms with E-state index in [0.717, 1.165) is 11.3 Å². The molecule has 0 bridgehead atoms. The van der Waals surface area contributed by atoms with Crippen molar-refractivity contribution in [2.75, 3.05) is 19.8 Å². The highest BCUT2D eigenvalue weighted by Gasteiger charge is 2.17. The Morgan fingerprint density at radius 2 is 2.15 bits per heavy atom. The number of rotatable bonds is 9. The SMILES string of the molecule is CC(C)COCCNS(=O)(=O)c1ccc(CC(=O)O)s1. The van der Waals surface area contributed by atoms with Crippen molar-refractivity contribution in [2.45, 2.75) is 24.5 Å². The van der Waals surface area contributed by atoms with Crippen molar-refractivity contribution >= 4 is 27.3 Å². The quantitative estimate of drug-likeness (QED) is 0.669. The van der Waals surface area contributed by atoms with Gasteiger partial charge in [-0.15, -0.1) is 11.3 Å². The van der Waals surface area contributed by atoms with E-state index < -0.39 is 16.0 Å². The number of sulfonamides is 1. The molecule has 0 spiro atoms. The van der Waals surface area contributed by atoms with Crippen molar-refractivity contribution in [1.29, 1.82) is 0 Å². The molecular formula is C12H19NO5S2. The molecule has 0 atom stereocenters. The second kappa shape index (κ2) is 7.72. The van der Waals surface area contributed by atoms with E-state index in [-0.39, 0.29) is 17.2 Å². The Bertz CT molecular complexity index is 536. The van der Waals surface area contributed by atoms with Gasteiger partial charge in [0, 0.05) is 18.0 Å². The van der Waals surface area contributed by atoms with Crippen LogP contribution >= 0.6 is 11.3 Å². The van der Waals surface area contributed by atoms with Crippen LogP contribution in [-0.2, 0) is 26.0 Å². The molecule has 114 valence electrons. The molecule has 0 unspecified atom stereocenters. The molecule has 0 aliphatic carbocycles. The van der Waals surface area contributed by atoms with E-state index in [9.17, 15) is 13.2 Å². The highest BCUT2D eigenvalue weighted by atomic mass is 32.2. The van der Waals surface area contributed by atoms with Gasteiger partial charge in [0.15, 0.2) is 0 Å². The molecule has 0 saturated carbocycles. The predicted molar refractivity (Wildman–Crippen MR) is 76.5 cm³/mol. The van der Waals surface area contributed by atoms with E-state index in [1.807, 2.05) is 13.8 Å². The van der Waals surface area contributed by atoms with Gasteiger partial charge in [0.05, 0.1) is 13.0 Å².